The molecule has 1 saturated heterocycles. The molecule has 1 N–H and O–H groups in total. The Hall–Kier alpha value is -4.53. The Bertz CT molecular complexity index is 1660. The first-order valence-corrected chi connectivity index (χ1v) is 12.9. The Morgan fingerprint density at radius 2 is 1.79 bits per heavy atom. The van der Waals surface area contributed by atoms with Gasteiger partial charge in [0, 0.05) is 73.1 Å². The Morgan fingerprint density at radius 3 is 2.56 bits per heavy atom. The van der Waals surface area contributed by atoms with Gasteiger partial charge in [-0.25, -0.2) is 18.3 Å². The average molecular weight is 527 g/mol. The van der Waals surface area contributed by atoms with Gasteiger partial charge in [0.25, 0.3) is 11.8 Å². The lowest BCUT2D eigenvalue weighted by molar-refractivity contribution is -0.0220. The average Bonchev–Trinajstić information content (AvgIpc) is 3.53. The maximum atomic E-state index is 13.6. The minimum atomic E-state index is -2.62. The molecule has 5 aromatic rings. The number of imidazole rings is 1. The van der Waals surface area contributed by atoms with Crippen molar-refractivity contribution >= 4 is 22.9 Å². The fraction of sp³-hybridized carbons (Fsp3) is 0.233. The van der Waals surface area contributed by atoms with E-state index in [-0.39, 0.29) is 31.8 Å². The minimum Gasteiger partial charge on any atom is -0.371 e. The minimum absolute atomic E-state index is 0.180. The van der Waals surface area contributed by atoms with Gasteiger partial charge < -0.3 is 10.2 Å². The quantitative estimate of drug-likeness (QED) is 0.292. The summed E-state index contributed by atoms with van der Waals surface area (Å²) in [5, 5.41) is 3.06. The van der Waals surface area contributed by atoms with Crippen LogP contribution in [0.5, 0.6) is 0 Å². The zero-order chi connectivity index (χ0) is 27.1. The van der Waals surface area contributed by atoms with Gasteiger partial charge in [0.2, 0.25) is 0 Å². The zero-order valence-corrected chi connectivity index (χ0v) is 21.7. The number of nitrogens with one attached hydrogen (secondary N) is 1. The standard InChI is InChI=1S/C30H28F2N6O/c1-20-15-21(2)26(37-12-8-28-34-19-27(38(28)37)23-6-4-11-33-18-23)17-25(20)35-29(39)22-5-3-7-24(16-22)36-13-9-30(31,32)10-14-36/h3-8,11-12,15-19H,9-10,13-14H2,1-2H3,(H,35,39). The van der Waals surface area contributed by atoms with Crippen LogP contribution in [-0.4, -0.2) is 44.1 Å². The molecule has 2 aromatic carbocycles. The molecule has 39 heavy (non-hydrogen) atoms. The van der Waals surface area contributed by atoms with Gasteiger partial charge in [-0.15, -0.1) is 0 Å². The second kappa shape index (κ2) is 9.65. The van der Waals surface area contributed by atoms with E-state index < -0.39 is 5.92 Å². The number of aryl methyl sites for hydroxylation is 2. The van der Waals surface area contributed by atoms with Gasteiger partial charge in [0.15, 0.2) is 5.65 Å². The fourth-order valence-corrected chi connectivity index (χ4v) is 5.16. The number of rotatable bonds is 5. The second-order valence-electron chi connectivity index (χ2n) is 10.0. The number of alkyl halides is 2. The maximum Gasteiger partial charge on any atom is 0.255 e. The van der Waals surface area contributed by atoms with Crippen LogP contribution in [0.3, 0.4) is 0 Å². The van der Waals surface area contributed by atoms with Crippen molar-refractivity contribution in [1.82, 2.24) is 19.2 Å². The normalized spacial score (nSPS) is 15.0. The molecule has 1 amide bonds. The number of hydrogen-bond donors (Lipinski definition) is 1. The number of carbonyl (C=O) groups excluding carboxylic acids is 1. The third kappa shape index (κ3) is 4.76. The number of aromatic nitrogens is 4. The predicted molar refractivity (Wildman–Crippen MR) is 148 cm³/mol. The van der Waals surface area contributed by atoms with E-state index in [1.807, 2.05) is 76.7 Å². The lowest BCUT2D eigenvalue weighted by Gasteiger charge is -2.33. The third-order valence-corrected chi connectivity index (χ3v) is 7.31. The van der Waals surface area contributed by atoms with E-state index in [1.54, 1.807) is 30.6 Å². The van der Waals surface area contributed by atoms with Crippen molar-refractivity contribution in [2.75, 3.05) is 23.3 Å². The van der Waals surface area contributed by atoms with Gasteiger partial charge in [0.05, 0.1) is 17.6 Å². The summed E-state index contributed by atoms with van der Waals surface area (Å²) >= 11 is 0. The van der Waals surface area contributed by atoms with Crippen LogP contribution in [0.15, 0.2) is 79.4 Å². The van der Waals surface area contributed by atoms with Gasteiger partial charge in [-0.2, -0.15) is 0 Å². The molecule has 7 nitrogen and oxygen atoms in total. The van der Waals surface area contributed by atoms with E-state index in [1.165, 1.54) is 0 Å². The molecule has 1 fully saturated rings. The molecule has 0 saturated carbocycles. The summed E-state index contributed by atoms with van der Waals surface area (Å²) in [6.45, 7) is 4.52. The molecule has 0 unspecified atom stereocenters. The van der Waals surface area contributed by atoms with Gasteiger partial charge in [-0.05, 0) is 61.4 Å². The van der Waals surface area contributed by atoms with Crippen LogP contribution in [-0.2, 0) is 0 Å². The van der Waals surface area contributed by atoms with Crippen LogP contribution in [0.2, 0.25) is 0 Å². The second-order valence-corrected chi connectivity index (χ2v) is 10.0. The number of halogens is 2. The maximum absolute atomic E-state index is 13.6. The van der Waals surface area contributed by atoms with Crippen LogP contribution < -0.4 is 10.2 Å². The molecular weight excluding hydrogens is 498 g/mol. The summed E-state index contributed by atoms with van der Waals surface area (Å²) in [6.07, 6.45) is 6.96. The van der Waals surface area contributed by atoms with Crippen LogP contribution in [0, 0.1) is 13.8 Å². The van der Waals surface area contributed by atoms with Crippen molar-refractivity contribution in [2.45, 2.75) is 32.6 Å². The van der Waals surface area contributed by atoms with Gasteiger partial charge in [-0.1, -0.05) is 12.1 Å². The number of fused-ring (bicyclic) bond motifs is 1. The van der Waals surface area contributed by atoms with E-state index in [0.717, 1.165) is 39.4 Å². The Morgan fingerprint density at radius 1 is 0.974 bits per heavy atom. The molecule has 1 aliphatic rings. The highest BCUT2D eigenvalue weighted by Crippen LogP contribution is 2.31. The van der Waals surface area contributed by atoms with E-state index >= 15 is 0 Å². The first-order chi connectivity index (χ1) is 18.8. The lowest BCUT2D eigenvalue weighted by Crippen LogP contribution is -2.39. The molecule has 0 atom stereocenters. The van der Waals surface area contributed by atoms with Crippen molar-refractivity contribution in [3.05, 3.63) is 96.1 Å². The highest BCUT2D eigenvalue weighted by molar-refractivity contribution is 6.05. The number of amides is 1. The van der Waals surface area contributed by atoms with Gasteiger partial charge >= 0.3 is 0 Å². The molecule has 6 rings (SSSR count). The number of carbonyl (C=O) groups is 1. The fourth-order valence-electron chi connectivity index (χ4n) is 5.16. The SMILES string of the molecule is Cc1cc(C)c(-n2ccc3ncc(-c4cccnc4)n32)cc1NC(=O)c1cccc(N2CCC(F)(F)CC2)c1. The van der Waals surface area contributed by atoms with E-state index in [4.69, 9.17) is 0 Å². The van der Waals surface area contributed by atoms with E-state index in [9.17, 15) is 13.6 Å². The third-order valence-electron chi connectivity index (χ3n) is 7.31. The van der Waals surface area contributed by atoms with Crippen LogP contribution in [0.1, 0.15) is 34.3 Å². The van der Waals surface area contributed by atoms with E-state index in [0.29, 0.717) is 11.3 Å². The number of benzene rings is 2. The molecule has 1 aliphatic heterocycles. The van der Waals surface area contributed by atoms with Crippen molar-refractivity contribution in [3.8, 4) is 16.9 Å². The van der Waals surface area contributed by atoms with Crippen LogP contribution in [0.25, 0.3) is 22.6 Å². The van der Waals surface area contributed by atoms with Crippen molar-refractivity contribution in [1.29, 1.82) is 0 Å². The number of anilines is 2. The smallest absolute Gasteiger partial charge is 0.255 e. The summed E-state index contributed by atoms with van der Waals surface area (Å²) in [6, 6.07) is 17.0. The first kappa shape index (κ1) is 24.8. The molecule has 198 valence electrons. The topological polar surface area (TPSA) is 67.5 Å². The Labute approximate surface area is 224 Å². The number of pyridine rings is 1. The molecule has 0 spiro atoms. The van der Waals surface area contributed by atoms with Gasteiger partial charge in [-0.3, -0.25) is 14.5 Å². The molecule has 4 heterocycles. The Kier molecular flexibility index (Phi) is 6.13. The molecule has 0 aliphatic carbocycles. The molecular formula is C30H28F2N6O. The number of piperidine rings is 1. The van der Waals surface area contributed by atoms with Crippen molar-refractivity contribution in [3.63, 3.8) is 0 Å². The monoisotopic (exact) mass is 526 g/mol. The number of hydrogen-bond acceptors (Lipinski definition) is 4. The highest BCUT2D eigenvalue weighted by Gasteiger charge is 2.34. The summed E-state index contributed by atoms with van der Waals surface area (Å²) in [5.74, 6) is -2.87. The lowest BCUT2D eigenvalue weighted by atomic mass is 10.0. The molecule has 0 bridgehead atoms. The van der Waals surface area contributed by atoms with Gasteiger partial charge in [0.1, 0.15) is 0 Å². The Balaban J connectivity index is 1.30. The van der Waals surface area contributed by atoms with Crippen LogP contribution in [0.4, 0.5) is 20.2 Å². The molecule has 9 heteroatoms. The summed E-state index contributed by atoms with van der Waals surface area (Å²) < 4.78 is 31.3. The highest BCUT2D eigenvalue weighted by atomic mass is 19.3. The molecule has 0 radical (unpaired) electrons. The largest absolute Gasteiger partial charge is 0.371 e. The summed E-state index contributed by atoms with van der Waals surface area (Å²) in [5.41, 5.74) is 7.46. The molecule has 3 aromatic heterocycles. The van der Waals surface area contributed by atoms with Crippen molar-refractivity contribution < 1.29 is 13.6 Å². The van der Waals surface area contributed by atoms with Crippen LogP contribution >= 0.6 is 0 Å². The number of nitrogens with zero attached hydrogens (tertiary/aromatic N) is 5. The zero-order valence-electron chi connectivity index (χ0n) is 21.7. The first-order valence-electron chi connectivity index (χ1n) is 12.9. The van der Waals surface area contributed by atoms with E-state index in [2.05, 4.69) is 15.3 Å². The summed E-state index contributed by atoms with van der Waals surface area (Å²) in [4.78, 5) is 24.0. The summed E-state index contributed by atoms with van der Waals surface area (Å²) in [7, 11) is 0. The van der Waals surface area contributed by atoms with Crippen molar-refractivity contribution in [2.24, 2.45) is 0 Å². The predicted octanol–water partition coefficient (Wildman–Crippen LogP) is 6.29.